The first-order valence-corrected chi connectivity index (χ1v) is 4.49. The zero-order valence-electron chi connectivity index (χ0n) is 8.12. The second-order valence-electron chi connectivity index (χ2n) is 3.14. The summed E-state index contributed by atoms with van der Waals surface area (Å²) in [5.74, 6) is 0. The van der Waals surface area contributed by atoms with Crippen molar-refractivity contribution >= 4 is 23.6 Å². The van der Waals surface area contributed by atoms with E-state index < -0.39 is 0 Å². The Kier molecular flexibility index (Phi) is 3.31. The summed E-state index contributed by atoms with van der Waals surface area (Å²) in [7, 11) is 3.64. The first kappa shape index (κ1) is 10.8. The predicted molar refractivity (Wildman–Crippen MR) is 58.2 cm³/mol. The van der Waals surface area contributed by atoms with Gasteiger partial charge in [0.2, 0.25) is 0 Å². The SMILES string of the molecule is [CH]=C(c1cc(C=O)ccc1Cl)N(C)C. The van der Waals surface area contributed by atoms with E-state index >= 15 is 0 Å². The monoisotopic (exact) mass is 208 g/mol. The minimum Gasteiger partial charge on any atom is -0.377 e. The normalized spacial score (nSPS) is 9.64. The number of nitrogens with zero attached hydrogens (tertiary/aromatic N) is 1. The van der Waals surface area contributed by atoms with E-state index in [4.69, 9.17) is 18.2 Å². The summed E-state index contributed by atoms with van der Waals surface area (Å²) in [6.45, 7) is 5.80. The number of halogens is 1. The van der Waals surface area contributed by atoms with Crippen LogP contribution in [-0.2, 0) is 0 Å². The molecule has 0 saturated heterocycles. The maximum Gasteiger partial charge on any atom is 0.150 e. The zero-order chi connectivity index (χ0) is 10.7. The van der Waals surface area contributed by atoms with Crippen LogP contribution in [0, 0.1) is 6.58 Å². The molecule has 1 aromatic carbocycles. The van der Waals surface area contributed by atoms with Crippen LogP contribution in [-0.4, -0.2) is 25.3 Å². The molecule has 0 N–H and O–H groups in total. The predicted octanol–water partition coefficient (Wildman–Crippen LogP) is 2.49. The highest BCUT2D eigenvalue weighted by Crippen LogP contribution is 2.24. The fourth-order valence-corrected chi connectivity index (χ4v) is 1.27. The second-order valence-corrected chi connectivity index (χ2v) is 3.54. The van der Waals surface area contributed by atoms with Gasteiger partial charge in [-0.1, -0.05) is 17.7 Å². The first-order chi connectivity index (χ1) is 6.56. The van der Waals surface area contributed by atoms with Crippen molar-refractivity contribution in [1.29, 1.82) is 0 Å². The molecule has 3 heteroatoms. The molecule has 0 spiro atoms. The molecule has 2 nitrogen and oxygen atoms in total. The van der Waals surface area contributed by atoms with Crippen molar-refractivity contribution < 1.29 is 4.79 Å². The minimum absolute atomic E-state index is 0.540. The molecule has 0 fully saturated rings. The molecular weight excluding hydrogens is 198 g/mol. The van der Waals surface area contributed by atoms with Crippen LogP contribution in [0.3, 0.4) is 0 Å². The average molecular weight is 209 g/mol. The number of benzene rings is 1. The van der Waals surface area contributed by atoms with Crippen molar-refractivity contribution in [3.05, 3.63) is 40.9 Å². The van der Waals surface area contributed by atoms with E-state index in [0.717, 1.165) is 6.29 Å². The highest BCUT2D eigenvalue weighted by molar-refractivity contribution is 6.32. The highest BCUT2D eigenvalue weighted by atomic mass is 35.5. The van der Waals surface area contributed by atoms with Crippen molar-refractivity contribution in [2.75, 3.05) is 14.1 Å². The Labute approximate surface area is 88.8 Å². The zero-order valence-corrected chi connectivity index (χ0v) is 8.88. The molecule has 0 atom stereocenters. The quantitative estimate of drug-likeness (QED) is 0.712. The van der Waals surface area contributed by atoms with Gasteiger partial charge in [0.1, 0.15) is 6.29 Å². The van der Waals surface area contributed by atoms with E-state index in [1.54, 1.807) is 23.1 Å². The first-order valence-electron chi connectivity index (χ1n) is 4.11. The maximum absolute atomic E-state index is 10.6. The van der Waals surface area contributed by atoms with Crippen LogP contribution in [0.1, 0.15) is 15.9 Å². The van der Waals surface area contributed by atoms with Crippen LogP contribution >= 0.6 is 11.6 Å². The molecule has 1 radical (unpaired) electrons. The molecule has 0 aliphatic heterocycles. The van der Waals surface area contributed by atoms with Crippen molar-refractivity contribution in [3.8, 4) is 0 Å². The summed E-state index contributed by atoms with van der Waals surface area (Å²) < 4.78 is 0. The Morgan fingerprint density at radius 2 is 2.14 bits per heavy atom. The van der Waals surface area contributed by atoms with Crippen LogP contribution in [0.25, 0.3) is 5.70 Å². The largest absolute Gasteiger partial charge is 0.377 e. The van der Waals surface area contributed by atoms with E-state index in [1.165, 1.54) is 0 Å². The minimum atomic E-state index is 0.540. The van der Waals surface area contributed by atoms with Gasteiger partial charge in [0.15, 0.2) is 0 Å². The summed E-state index contributed by atoms with van der Waals surface area (Å²) in [5.41, 5.74) is 1.79. The fraction of sp³-hybridized carbons (Fsp3) is 0.182. The number of hydrogen-bond donors (Lipinski definition) is 0. The van der Waals surface area contributed by atoms with Crippen molar-refractivity contribution in [1.82, 2.24) is 4.90 Å². The lowest BCUT2D eigenvalue weighted by atomic mass is 10.1. The van der Waals surface area contributed by atoms with Gasteiger partial charge in [-0.3, -0.25) is 4.79 Å². The van der Waals surface area contributed by atoms with Crippen molar-refractivity contribution in [3.63, 3.8) is 0 Å². The number of aldehydes is 1. The summed E-state index contributed by atoms with van der Waals surface area (Å²) >= 11 is 5.95. The third-order valence-corrected chi connectivity index (χ3v) is 2.21. The lowest BCUT2D eigenvalue weighted by Gasteiger charge is -2.16. The van der Waals surface area contributed by atoms with E-state index in [-0.39, 0.29) is 0 Å². The van der Waals surface area contributed by atoms with Gasteiger partial charge in [0.05, 0.1) is 0 Å². The molecule has 0 heterocycles. The Hall–Kier alpha value is -1.28. The average Bonchev–Trinajstić information content (AvgIpc) is 2.17. The summed E-state index contributed by atoms with van der Waals surface area (Å²) in [6.07, 6.45) is 0.767. The fourth-order valence-electron chi connectivity index (χ4n) is 1.05. The Morgan fingerprint density at radius 1 is 1.50 bits per heavy atom. The Balaban J connectivity index is 3.18. The third kappa shape index (κ3) is 2.15. The molecule has 14 heavy (non-hydrogen) atoms. The topological polar surface area (TPSA) is 20.3 Å². The van der Waals surface area contributed by atoms with Crippen LogP contribution in [0.5, 0.6) is 0 Å². The van der Waals surface area contributed by atoms with Gasteiger partial charge in [0, 0.05) is 35.9 Å². The van der Waals surface area contributed by atoms with Gasteiger partial charge in [-0.15, -0.1) is 0 Å². The third-order valence-electron chi connectivity index (χ3n) is 1.88. The molecular formula is C11H11ClNO. The number of hydrogen-bond acceptors (Lipinski definition) is 2. The van der Waals surface area contributed by atoms with Gasteiger partial charge < -0.3 is 4.90 Å². The lowest BCUT2D eigenvalue weighted by molar-refractivity contribution is 0.112. The molecule has 1 aromatic rings. The van der Waals surface area contributed by atoms with Crippen molar-refractivity contribution in [2.45, 2.75) is 0 Å². The van der Waals surface area contributed by atoms with Crippen LogP contribution in [0.4, 0.5) is 0 Å². The van der Waals surface area contributed by atoms with Crippen LogP contribution in [0.15, 0.2) is 18.2 Å². The molecule has 1 rings (SSSR count). The maximum atomic E-state index is 10.6. The molecule has 0 saturated carbocycles. The van der Waals surface area contributed by atoms with Crippen LogP contribution < -0.4 is 0 Å². The second kappa shape index (κ2) is 4.29. The Bertz CT molecular complexity index is 372. The molecule has 0 aliphatic rings. The van der Waals surface area contributed by atoms with Gasteiger partial charge in [-0.25, -0.2) is 0 Å². The lowest BCUT2D eigenvalue weighted by Crippen LogP contribution is -2.09. The summed E-state index contributed by atoms with van der Waals surface area (Å²) in [4.78, 5) is 12.3. The summed E-state index contributed by atoms with van der Waals surface area (Å²) in [5, 5.41) is 0.543. The van der Waals surface area contributed by atoms with Gasteiger partial charge in [0.25, 0.3) is 0 Å². The highest BCUT2D eigenvalue weighted by Gasteiger charge is 2.07. The van der Waals surface area contributed by atoms with E-state index in [2.05, 4.69) is 0 Å². The van der Waals surface area contributed by atoms with Crippen LogP contribution in [0.2, 0.25) is 5.02 Å². The number of carbonyl (C=O) groups excluding carboxylic acids is 1. The molecule has 0 bridgehead atoms. The van der Waals surface area contributed by atoms with E-state index in [0.29, 0.717) is 21.8 Å². The van der Waals surface area contributed by atoms with Crippen molar-refractivity contribution in [2.24, 2.45) is 0 Å². The molecule has 0 amide bonds. The van der Waals surface area contributed by atoms with E-state index in [9.17, 15) is 4.79 Å². The smallest absolute Gasteiger partial charge is 0.150 e. The summed E-state index contributed by atoms with van der Waals surface area (Å²) in [6, 6.07) is 4.99. The van der Waals surface area contributed by atoms with Gasteiger partial charge in [-0.05, 0) is 18.7 Å². The molecule has 0 aromatic heterocycles. The van der Waals surface area contributed by atoms with E-state index in [1.807, 2.05) is 14.1 Å². The Morgan fingerprint density at radius 3 is 2.64 bits per heavy atom. The molecule has 73 valence electrons. The standard InChI is InChI=1S/C11H11ClNO/c1-8(13(2)3)10-6-9(7-14)4-5-11(10)12/h1,4-7H,2-3H3. The molecule has 0 aliphatic carbocycles. The number of carbonyl (C=O) groups is 1. The number of rotatable bonds is 3. The van der Waals surface area contributed by atoms with Gasteiger partial charge in [-0.2, -0.15) is 0 Å². The van der Waals surface area contributed by atoms with Gasteiger partial charge >= 0.3 is 0 Å². The molecule has 0 unspecified atom stereocenters.